The van der Waals surface area contributed by atoms with Gasteiger partial charge in [0.1, 0.15) is 0 Å². The van der Waals surface area contributed by atoms with Gasteiger partial charge in [0.05, 0.1) is 0 Å². The van der Waals surface area contributed by atoms with Gasteiger partial charge < -0.3 is 15.3 Å². The molecule has 1 atom stereocenters. The number of hydrogen-bond donors (Lipinski definition) is 2. The number of phenolic OH excluding ortho intramolecular Hbond substituents is 1. The lowest BCUT2D eigenvalue weighted by Crippen LogP contribution is -2.37. The Kier molecular flexibility index (Phi) is 4.55. The number of nitrogens with zero attached hydrogens (tertiary/aromatic N) is 1. The fourth-order valence-corrected chi connectivity index (χ4v) is 2.40. The molecule has 1 aromatic rings. The maximum absolute atomic E-state index is 13.1. The van der Waals surface area contributed by atoms with Crippen LogP contribution in [0.3, 0.4) is 0 Å². The monoisotopic (exact) mass is 252 g/mol. The molecule has 2 N–H and O–H groups in total. The van der Waals surface area contributed by atoms with Crippen LogP contribution < -0.4 is 5.32 Å². The number of hydrogen-bond acceptors (Lipinski definition) is 3. The van der Waals surface area contributed by atoms with Gasteiger partial charge in [0.25, 0.3) is 0 Å². The van der Waals surface area contributed by atoms with Crippen molar-refractivity contribution in [3.05, 3.63) is 29.6 Å². The Hall–Kier alpha value is -1.13. The van der Waals surface area contributed by atoms with E-state index in [9.17, 15) is 9.50 Å². The standard InChI is InChI=1S/C14H21FN2O/c1-11(10-17-7-2-3-8-17)16-9-12-5-4-6-13(15)14(12)18/h4-6,11,16,18H,2-3,7-10H2,1H3. The van der Waals surface area contributed by atoms with Crippen molar-refractivity contribution in [1.82, 2.24) is 10.2 Å². The second-order valence-corrected chi connectivity index (χ2v) is 5.04. The van der Waals surface area contributed by atoms with E-state index in [1.165, 1.54) is 32.0 Å². The van der Waals surface area contributed by atoms with E-state index in [4.69, 9.17) is 0 Å². The van der Waals surface area contributed by atoms with Crippen LogP contribution >= 0.6 is 0 Å². The molecule has 1 aliphatic rings. The lowest BCUT2D eigenvalue weighted by Gasteiger charge is -2.21. The number of phenols is 1. The summed E-state index contributed by atoms with van der Waals surface area (Å²) in [4.78, 5) is 2.43. The summed E-state index contributed by atoms with van der Waals surface area (Å²) < 4.78 is 13.1. The van der Waals surface area contributed by atoms with Crippen LogP contribution in [-0.4, -0.2) is 35.7 Å². The molecular weight excluding hydrogens is 231 g/mol. The molecule has 0 aromatic heterocycles. The van der Waals surface area contributed by atoms with Crippen molar-refractivity contribution in [2.75, 3.05) is 19.6 Å². The minimum atomic E-state index is -0.554. The van der Waals surface area contributed by atoms with Gasteiger partial charge in [0.15, 0.2) is 11.6 Å². The minimum absolute atomic E-state index is 0.238. The zero-order valence-electron chi connectivity index (χ0n) is 10.8. The molecule has 2 rings (SSSR count). The molecule has 3 nitrogen and oxygen atoms in total. The molecule has 1 aliphatic heterocycles. The molecule has 0 saturated carbocycles. The third-order valence-electron chi connectivity index (χ3n) is 3.44. The van der Waals surface area contributed by atoms with Crippen molar-refractivity contribution in [3.63, 3.8) is 0 Å². The predicted molar refractivity (Wildman–Crippen MR) is 70.0 cm³/mol. The van der Waals surface area contributed by atoms with Crippen LogP contribution in [0.2, 0.25) is 0 Å². The Balaban J connectivity index is 1.81. The third-order valence-corrected chi connectivity index (χ3v) is 3.44. The molecule has 0 spiro atoms. The summed E-state index contributed by atoms with van der Waals surface area (Å²) in [5, 5.41) is 12.9. The topological polar surface area (TPSA) is 35.5 Å². The first-order chi connectivity index (χ1) is 8.66. The first-order valence-corrected chi connectivity index (χ1v) is 6.59. The summed E-state index contributed by atoms with van der Waals surface area (Å²) in [5.74, 6) is -0.792. The third kappa shape index (κ3) is 3.43. The second kappa shape index (κ2) is 6.16. The highest BCUT2D eigenvalue weighted by Crippen LogP contribution is 2.20. The Bertz CT molecular complexity index is 391. The van der Waals surface area contributed by atoms with Crippen LogP contribution in [0.15, 0.2) is 18.2 Å². The van der Waals surface area contributed by atoms with Crippen LogP contribution in [0.1, 0.15) is 25.3 Å². The van der Waals surface area contributed by atoms with Crippen LogP contribution in [0, 0.1) is 5.82 Å². The fourth-order valence-electron chi connectivity index (χ4n) is 2.40. The number of para-hydroxylation sites is 1. The van der Waals surface area contributed by atoms with Gasteiger partial charge in [-0.05, 0) is 38.9 Å². The van der Waals surface area contributed by atoms with Crippen molar-refractivity contribution in [3.8, 4) is 5.75 Å². The number of benzene rings is 1. The average molecular weight is 252 g/mol. The van der Waals surface area contributed by atoms with Crippen LogP contribution in [-0.2, 0) is 6.54 Å². The summed E-state index contributed by atoms with van der Waals surface area (Å²) in [5.41, 5.74) is 0.614. The predicted octanol–water partition coefficient (Wildman–Crippen LogP) is 2.11. The van der Waals surface area contributed by atoms with Gasteiger partial charge in [-0.2, -0.15) is 0 Å². The molecule has 1 unspecified atom stereocenters. The van der Waals surface area contributed by atoms with E-state index in [2.05, 4.69) is 17.1 Å². The highest BCUT2D eigenvalue weighted by molar-refractivity contribution is 5.33. The number of rotatable bonds is 5. The molecule has 18 heavy (non-hydrogen) atoms. The van der Waals surface area contributed by atoms with Gasteiger partial charge in [-0.15, -0.1) is 0 Å². The molecule has 0 radical (unpaired) electrons. The molecule has 100 valence electrons. The smallest absolute Gasteiger partial charge is 0.165 e. The van der Waals surface area contributed by atoms with E-state index in [1.807, 2.05) is 0 Å². The summed E-state index contributed by atoms with van der Waals surface area (Å²) in [6.07, 6.45) is 2.58. The van der Waals surface area contributed by atoms with E-state index in [-0.39, 0.29) is 5.75 Å². The van der Waals surface area contributed by atoms with Gasteiger partial charge in [-0.25, -0.2) is 4.39 Å². The zero-order chi connectivity index (χ0) is 13.0. The number of aromatic hydroxyl groups is 1. The van der Waals surface area contributed by atoms with E-state index < -0.39 is 5.82 Å². The number of halogens is 1. The highest BCUT2D eigenvalue weighted by atomic mass is 19.1. The van der Waals surface area contributed by atoms with Crippen LogP contribution in [0.4, 0.5) is 4.39 Å². The minimum Gasteiger partial charge on any atom is -0.505 e. The van der Waals surface area contributed by atoms with Crippen molar-refractivity contribution < 1.29 is 9.50 Å². The van der Waals surface area contributed by atoms with E-state index in [1.54, 1.807) is 12.1 Å². The second-order valence-electron chi connectivity index (χ2n) is 5.04. The lowest BCUT2D eigenvalue weighted by atomic mass is 10.2. The van der Waals surface area contributed by atoms with E-state index in [0.717, 1.165) is 6.54 Å². The SMILES string of the molecule is CC(CN1CCCC1)NCc1cccc(F)c1O. The molecule has 1 fully saturated rings. The molecule has 1 saturated heterocycles. The largest absolute Gasteiger partial charge is 0.505 e. The Morgan fingerprint density at radius 3 is 2.83 bits per heavy atom. The van der Waals surface area contributed by atoms with Crippen LogP contribution in [0.25, 0.3) is 0 Å². The normalized spacial score (nSPS) is 18.1. The summed E-state index contributed by atoms with van der Waals surface area (Å²) in [6, 6.07) is 4.98. The average Bonchev–Trinajstić information content (AvgIpc) is 2.84. The summed E-state index contributed by atoms with van der Waals surface area (Å²) in [7, 11) is 0. The zero-order valence-corrected chi connectivity index (χ0v) is 10.8. The van der Waals surface area contributed by atoms with E-state index >= 15 is 0 Å². The summed E-state index contributed by atoms with van der Waals surface area (Å²) in [6.45, 7) is 5.98. The van der Waals surface area contributed by atoms with Crippen molar-refractivity contribution >= 4 is 0 Å². The highest BCUT2D eigenvalue weighted by Gasteiger charge is 2.14. The fraction of sp³-hybridized carbons (Fsp3) is 0.571. The van der Waals surface area contributed by atoms with Gasteiger partial charge in [0.2, 0.25) is 0 Å². The van der Waals surface area contributed by atoms with Gasteiger partial charge in [0, 0.05) is 24.7 Å². The molecular formula is C14H21FN2O. The first-order valence-electron chi connectivity index (χ1n) is 6.59. The van der Waals surface area contributed by atoms with Gasteiger partial charge >= 0.3 is 0 Å². The van der Waals surface area contributed by atoms with Gasteiger partial charge in [-0.3, -0.25) is 0 Å². The lowest BCUT2D eigenvalue weighted by molar-refractivity contribution is 0.297. The number of nitrogens with one attached hydrogen (secondary N) is 1. The van der Waals surface area contributed by atoms with Crippen molar-refractivity contribution in [1.29, 1.82) is 0 Å². The van der Waals surface area contributed by atoms with Crippen molar-refractivity contribution in [2.24, 2.45) is 0 Å². The number of likely N-dealkylation sites (tertiary alicyclic amines) is 1. The maximum atomic E-state index is 13.1. The van der Waals surface area contributed by atoms with Gasteiger partial charge in [-0.1, -0.05) is 12.1 Å². The Morgan fingerprint density at radius 2 is 2.11 bits per heavy atom. The Labute approximate surface area is 108 Å². The molecule has 1 heterocycles. The van der Waals surface area contributed by atoms with E-state index in [0.29, 0.717) is 18.2 Å². The summed E-state index contributed by atoms with van der Waals surface area (Å²) >= 11 is 0. The molecule has 4 heteroatoms. The molecule has 0 bridgehead atoms. The maximum Gasteiger partial charge on any atom is 0.165 e. The van der Waals surface area contributed by atoms with Crippen LogP contribution in [0.5, 0.6) is 5.75 Å². The first kappa shape index (κ1) is 13.3. The quantitative estimate of drug-likeness (QED) is 0.842. The van der Waals surface area contributed by atoms with Crippen molar-refractivity contribution in [2.45, 2.75) is 32.4 Å². The Morgan fingerprint density at radius 1 is 1.39 bits per heavy atom. The molecule has 1 aromatic carbocycles. The molecule has 0 aliphatic carbocycles. The molecule has 0 amide bonds.